The summed E-state index contributed by atoms with van der Waals surface area (Å²) in [6.07, 6.45) is 0. The molecule has 4 aromatic rings. The lowest BCUT2D eigenvalue weighted by molar-refractivity contribution is 0.415. The predicted molar refractivity (Wildman–Crippen MR) is 78.9 cm³/mol. The monoisotopic (exact) mass is 280 g/mol. The van der Waals surface area contributed by atoms with Crippen molar-refractivity contribution in [2.45, 2.75) is 0 Å². The highest BCUT2D eigenvalue weighted by Gasteiger charge is 2.12. The zero-order valence-electron chi connectivity index (χ0n) is 11.6. The minimum Gasteiger partial charge on any atom is -0.497 e. The standard InChI is InChI=1S/C15H12N4O2/c1-20-9-3-5-11-12-6-4-10(21-2)8-14(12)19-15(13(11)7-9)16-17-18-19/h3-8H,1-2H3. The average Bonchev–Trinajstić information content (AvgIpc) is 3.04. The van der Waals surface area contributed by atoms with Crippen molar-refractivity contribution in [1.29, 1.82) is 0 Å². The zero-order chi connectivity index (χ0) is 14.4. The highest BCUT2D eigenvalue weighted by atomic mass is 16.5. The van der Waals surface area contributed by atoms with Crippen LogP contribution in [0.3, 0.4) is 0 Å². The van der Waals surface area contributed by atoms with E-state index in [1.807, 2.05) is 36.4 Å². The molecule has 0 atom stereocenters. The van der Waals surface area contributed by atoms with Gasteiger partial charge in [-0.05, 0) is 46.1 Å². The van der Waals surface area contributed by atoms with E-state index < -0.39 is 0 Å². The summed E-state index contributed by atoms with van der Waals surface area (Å²) in [6, 6.07) is 11.8. The van der Waals surface area contributed by atoms with Crippen LogP contribution in [0.4, 0.5) is 0 Å². The van der Waals surface area contributed by atoms with Gasteiger partial charge in [-0.25, -0.2) is 0 Å². The van der Waals surface area contributed by atoms with Crippen LogP contribution < -0.4 is 9.47 Å². The van der Waals surface area contributed by atoms with Gasteiger partial charge in [0.05, 0.1) is 19.7 Å². The van der Waals surface area contributed by atoms with Crippen LogP contribution >= 0.6 is 0 Å². The van der Waals surface area contributed by atoms with Crippen molar-refractivity contribution in [3.63, 3.8) is 0 Å². The van der Waals surface area contributed by atoms with Gasteiger partial charge < -0.3 is 9.47 Å². The number of tetrazole rings is 1. The molecule has 2 aromatic heterocycles. The van der Waals surface area contributed by atoms with Crippen LogP contribution in [0.1, 0.15) is 0 Å². The van der Waals surface area contributed by atoms with E-state index in [0.717, 1.165) is 33.2 Å². The summed E-state index contributed by atoms with van der Waals surface area (Å²) in [4.78, 5) is 0. The second kappa shape index (κ2) is 4.31. The molecule has 6 heteroatoms. The molecular weight excluding hydrogens is 268 g/mol. The maximum Gasteiger partial charge on any atom is 0.187 e. The quantitative estimate of drug-likeness (QED) is 0.528. The van der Waals surface area contributed by atoms with Crippen molar-refractivity contribution < 1.29 is 9.47 Å². The molecule has 0 saturated carbocycles. The Hall–Kier alpha value is -2.89. The molecule has 2 aromatic carbocycles. The first-order chi connectivity index (χ1) is 10.3. The van der Waals surface area contributed by atoms with Crippen LogP contribution in [-0.2, 0) is 0 Å². The number of aromatic nitrogens is 4. The molecule has 6 nitrogen and oxygen atoms in total. The summed E-state index contributed by atoms with van der Waals surface area (Å²) in [5, 5.41) is 15.1. The van der Waals surface area contributed by atoms with E-state index in [9.17, 15) is 0 Å². The second-order valence-corrected chi connectivity index (χ2v) is 4.71. The lowest BCUT2D eigenvalue weighted by atomic mass is 10.1. The molecule has 0 bridgehead atoms. The number of fused-ring (bicyclic) bond motifs is 6. The first kappa shape index (κ1) is 11.9. The minimum atomic E-state index is 0.699. The van der Waals surface area contributed by atoms with Gasteiger partial charge in [-0.3, -0.25) is 0 Å². The van der Waals surface area contributed by atoms with Gasteiger partial charge in [0.15, 0.2) is 5.65 Å². The molecule has 21 heavy (non-hydrogen) atoms. The van der Waals surface area contributed by atoms with E-state index >= 15 is 0 Å². The molecule has 0 unspecified atom stereocenters. The Bertz CT molecular complexity index is 900. The second-order valence-electron chi connectivity index (χ2n) is 4.71. The van der Waals surface area contributed by atoms with Crippen LogP contribution in [0, 0.1) is 0 Å². The molecule has 0 fully saturated rings. The predicted octanol–water partition coefficient (Wildman–Crippen LogP) is 2.45. The Morgan fingerprint density at radius 3 is 2.33 bits per heavy atom. The van der Waals surface area contributed by atoms with Gasteiger partial charge in [-0.15, -0.1) is 5.10 Å². The molecular formula is C15H12N4O2. The summed E-state index contributed by atoms with van der Waals surface area (Å²) >= 11 is 0. The van der Waals surface area contributed by atoms with Crippen LogP contribution in [0.2, 0.25) is 0 Å². The van der Waals surface area contributed by atoms with Crippen molar-refractivity contribution >= 4 is 27.3 Å². The van der Waals surface area contributed by atoms with Crippen molar-refractivity contribution in [2.75, 3.05) is 14.2 Å². The van der Waals surface area contributed by atoms with E-state index in [1.165, 1.54) is 0 Å². The van der Waals surface area contributed by atoms with Crippen LogP contribution in [0.15, 0.2) is 36.4 Å². The minimum absolute atomic E-state index is 0.699. The largest absolute Gasteiger partial charge is 0.497 e. The normalized spacial score (nSPS) is 11.3. The van der Waals surface area contributed by atoms with Gasteiger partial charge in [0.2, 0.25) is 0 Å². The number of hydrogen-bond donors (Lipinski definition) is 0. The lowest BCUT2D eigenvalue weighted by Crippen LogP contribution is -1.95. The Morgan fingerprint density at radius 2 is 1.57 bits per heavy atom. The number of hydrogen-bond acceptors (Lipinski definition) is 5. The molecule has 4 rings (SSSR count). The smallest absolute Gasteiger partial charge is 0.187 e. The van der Waals surface area contributed by atoms with E-state index in [-0.39, 0.29) is 0 Å². The van der Waals surface area contributed by atoms with Gasteiger partial charge in [-0.1, -0.05) is 0 Å². The third-order valence-corrected chi connectivity index (χ3v) is 3.66. The Balaban J connectivity index is 2.25. The Kier molecular flexibility index (Phi) is 2.44. The first-order valence-electron chi connectivity index (χ1n) is 6.47. The highest BCUT2D eigenvalue weighted by Crippen LogP contribution is 2.32. The summed E-state index contributed by atoms with van der Waals surface area (Å²) in [7, 11) is 3.29. The molecule has 0 N–H and O–H groups in total. The summed E-state index contributed by atoms with van der Waals surface area (Å²) in [5.41, 5.74) is 1.61. The first-order valence-corrected chi connectivity index (χ1v) is 6.47. The van der Waals surface area contributed by atoms with E-state index in [1.54, 1.807) is 18.7 Å². The molecule has 0 aliphatic carbocycles. The Labute approximate surface area is 119 Å². The van der Waals surface area contributed by atoms with Gasteiger partial charge in [-0.2, -0.15) is 4.52 Å². The van der Waals surface area contributed by atoms with Gasteiger partial charge in [0, 0.05) is 16.8 Å². The number of benzene rings is 2. The number of nitrogens with zero attached hydrogens (tertiary/aromatic N) is 4. The molecule has 104 valence electrons. The van der Waals surface area contributed by atoms with Gasteiger partial charge >= 0.3 is 0 Å². The maximum atomic E-state index is 5.30. The van der Waals surface area contributed by atoms with Crippen molar-refractivity contribution in [3.05, 3.63) is 36.4 Å². The van der Waals surface area contributed by atoms with E-state index in [4.69, 9.17) is 9.47 Å². The fourth-order valence-electron chi connectivity index (χ4n) is 2.63. The lowest BCUT2D eigenvalue weighted by Gasteiger charge is -2.09. The van der Waals surface area contributed by atoms with Crippen LogP contribution in [-0.4, -0.2) is 34.3 Å². The number of ether oxygens (including phenoxy) is 2. The molecule has 0 spiro atoms. The third kappa shape index (κ3) is 1.62. The Morgan fingerprint density at radius 1 is 0.857 bits per heavy atom. The fourth-order valence-corrected chi connectivity index (χ4v) is 2.63. The summed E-state index contributed by atoms with van der Waals surface area (Å²) in [5.74, 6) is 1.55. The van der Waals surface area contributed by atoms with Crippen molar-refractivity contribution in [2.24, 2.45) is 0 Å². The van der Waals surface area contributed by atoms with Crippen molar-refractivity contribution in [3.8, 4) is 11.5 Å². The van der Waals surface area contributed by atoms with E-state index in [2.05, 4.69) is 15.5 Å². The summed E-state index contributed by atoms with van der Waals surface area (Å²) < 4.78 is 12.3. The summed E-state index contributed by atoms with van der Waals surface area (Å²) in [6.45, 7) is 0. The zero-order valence-corrected chi connectivity index (χ0v) is 11.6. The molecule has 0 amide bonds. The molecule has 0 aliphatic heterocycles. The average molecular weight is 280 g/mol. The number of pyridine rings is 1. The number of rotatable bonds is 2. The topological polar surface area (TPSA) is 61.5 Å². The van der Waals surface area contributed by atoms with Crippen LogP contribution in [0.25, 0.3) is 27.3 Å². The van der Waals surface area contributed by atoms with Crippen molar-refractivity contribution in [1.82, 2.24) is 20.0 Å². The van der Waals surface area contributed by atoms with Crippen LogP contribution in [0.5, 0.6) is 11.5 Å². The highest BCUT2D eigenvalue weighted by molar-refractivity contribution is 6.11. The molecule has 0 saturated heterocycles. The molecule has 0 radical (unpaired) electrons. The van der Waals surface area contributed by atoms with Gasteiger partial charge in [0.25, 0.3) is 0 Å². The molecule has 2 heterocycles. The third-order valence-electron chi connectivity index (χ3n) is 3.66. The number of methoxy groups -OCH3 is 2. The maximum absolute atomic E-state index is 5.30. The van der Waals surface area contributed by atoms with E-state index in [0.29, 0.717) is 5.65 Å². The molecule has 0 aliphatic rings. The fraction of sp³-hybridized carbons (Fsp3) is 0.133. The van der Waals surface area contributed by atoms with Gasteiger partial charge in [0.1, 0.15) is 11.5 Å². The SMILES string of the molecule is COc1ccc2c3ccc(OC)cc3n3nnnc3c2c1.